The number of benzene rings is 3. The average molecular weight is 473 g/mol. The van der Waals surface area contributed by atoms with Crippen LogP contribution in [0.1, 0.15) is 31.9 Å². The normalized spacial score (nSPS) is 21.4. The van der Waals surface area contributed by atoms with Crippen LogP contribution < -0.4 is 19.4 Å². The van der Waals surface area contributed by atoms with E-state index in [-0.39, 0.29) is 11.8 Å². The van der Waals surface area contributed by atoms with Crippen LogP contribution in [0, 0.1) is 5.92 Å². The molecule has 0 saturated carbocycles. The number of hydrogen-bond donors (Lipinski definition) is 0. The van der Waals surface area contributed by atoms with Crippen LogP contribution in [-0.4, -0.2) is 31.1 Å². The monoisotopic (exact) mass is 472 g/mol. The van der Waals surface area contributed by atoms with Gasteiger partial charge in [0, 0.05) is 0 Å². The van der Waals surface area contributed by atoms with E-state index in [2.05, 4.69) is 0 Å². The fourth-order valence-electron chi connectivity index (χ4n) is 4.69. The van der Waals surface area contributed by atoms with Crippen LogP contribution in [-0.2, 0) is 14.4 Å². The maximum atomic E-state index is 13.7. The SMILES string of the molecule is CCCOc1ccc([C@@H]2[C@H]3C(=O)N(c4ccccc4)C(=O)[C@@H]3ON2c2ccccc2)cc1OCC. The zero-order valence-electron chi connectivity index (χ0n) is 19.8. The van der Waals surface area contributed by atoms with Crippen molar-refractivity contribution in [1.82, 2.24) is 0 Å². The molecule has 2 fully saturated rings. The smallest absolute Gasteiger partial charge is 0.266 e. The van der Waals surface area contributed by atoms with Gasteiger partial charge >= 0.3 is 0 Å². The van der Waals surface area contributed by atoms with Crippen LogP contribution in [0.2, 0.25) is 0 Å². The summed E-state index contributed by atoms with van der Waals surface area (Å²) in [5, 5.41) is 1.69. The highest BCUT2D eigenvalue weighted by atomic mass is 16.7. The molecule has 7 nitrogen and oxygen atoms in total. The second-order valence-electron chi connectivity index (χ2n) is 8.49. The van der Waals surface area contributed by atoms with E-state index in [4.69, 9.17) is 14.3 Å². The Kier molecular flexibility index (Phi) is 6.42. The van der Waals surface area contributed by atoms with Gasteiger partial charge in [-0.2, -0.15) is 0 Å². The summed E-state index contributed by atoms with van der Waals surface area (Å²) in [7, 11) is 0. The summed E-state index contributed by atoms with van der Waals surface area (Å²) in [5.41, 5.74) is 2.12. The Morgan fingerprint density at radius 1 is 0.800 bits per heavy atom. The van der Waals surface area contributed by atoms with Crippen LogP contribution in [0.15, 0.2) is 78.9 Å². The lowest BCUT2D eigenvalue weighted by Gasteiger charge is -2.29. The minimum Gasteiger partial charge on any atom is -0.490 e. The lowest BCUT2D eigenvalue weighted by molar-refractivity contribution is -0.126. The Labute approximate surface area is 204 Å². The van der Waals surface area contributed by atoms with E-state index >= 15 is 0 Å². The quantitative estimate of drug-likeness (QED) is 0.433. The first kappa shape index (κ1) is 22.9. The van der Waals surface area contributed by atoms with Crippen molar-refractivity contribution >= 4 is 23.2 Å². The molecule has 2 heterocycles. The molecule has 2 aliphatic heterocycles. The molecule has 3 aromatic carbocycles. The number of anilines is 2. The predicted molar refractivity (Wildman–Crippen MR) is 132 cm³/mol. The highest BCUT2D eigenvalue weighted by Crippen LogP contribution is 2.48. The summed E-state index contributed by atoms with van der Waals surface area (Å²) in [6.45, 7) is 5.01. The van der Waals surface area contributed by atoms with Crippen LogP contribution in [0.25, 0.3) is 0 Å². The third kappa shape index (κ3) is 4.12. The number of carbonyl (C=O) groups excluding carboxylic acids is 2. The molecular weight excluding hydrogens is 444 g/mol. The topological polar surface area (TPSA) is 68.3 Å². The van der Waals surface area contributed by atoms with Gasteiger partial charge in [0.05, 0.1) is 30.6 Å². The van der Waals surface area contributed by atoms with E-state index in [1.165, 1.54) is 4.90 Å². The predicted octanol–water partition coefficient (Wildman–Crippen LogP) is 4.93. The largest absolute Gasteiger partial charge is 0.490 e. The second kappa shape index (κ2) is 9.80. The minimum absolute atomic E-state index is 0.279. The third-order valence-electron chi connectivity index (χ3n) is 6.21. The Bertz CT molecular complexity index is 1200. The zero-order valence-corrected chi connectivity index (χ0v) is 19.8. The average Bonchev–Trinajstić information content (AvgIpc) is 3.40. The van der Waals surface area contributed by atoms with Gasteiger partial charge < -0.3 is 9.47 Å². The van der Waals surface area contributed by atoms with E-state index in [0.717, 1.165) is 17.7 Å². The number of amides is 2. The molecule has 5 rings (SSSR count). The number of carbonyl (C=O) groups is 2. The van der Waals surface area contributed by atoms with Gasteiger partial charge in [-0.25, -0.2) is 9.96 Å². The van der Waals surface area contributed by atoms with E-state index in [1.807, 2.05) is 80.6 Å². The Hall–Kier alpha value is -3.84. The van der Waals surface area contributed by atoms with E-state index in [0.29, 0.717) is 30.4 Å². The summed E-state index contributed by atoms with van der Waals surface area (Å²) in [6.07, 6.45) is -0.0409. The molecule has 35 heavy (non-hydrogen) atoms. The molecular formula is C28H28N2O5. The summed E-state index contributed by atoms with van der Waals surface area (Å²) in [4.78, 5) is 34.6. The molecule has 180 valence electrons. The number of hydrogen-bond acceptors (Lipinski definition) is 6. The second-order valence-corrected chi connectivity index (χ2v) is 8.49. The first-order valence-corrected chi connectivity index (χ1v) is 12.0. The summed E-state index contributed by atoms with van der Waals surface area (Å²) in [5.74, 6) is -0.0909. The first-order chi connectivity index (χ1) is 17.1. The first-order valence-electron chi connectivity index (χ1n) is 12.0. The van der Waals surface area contributed by atoms with Crippen molar-refractivity contribution in [3.05, 3.63) is 84.4 Å². The number of nitrogens with zero attached hydrogens (tertiary/aromatic N) is 2. The number of rotatable bonds is 8. The summed E-state index contributed by atoms with van der Waals surface area (Å²) in [6, 6.07) is 23.7. The van der Waals surface area contributed by atoms with Gasteiger partial charge in [0.15, 0.2) is 17.6 Å². The van der Waals surface area contributed by atoms with E-state index in [1.54, 1.807) is 17.2 Å². The lowest BCUT2D eigenvalue weighted by atomic mass is 9.90. The Morgan fingerprint density at radius 2 is 1.49 bits per heavy atom. The zero-order chi connectivity index (χ0) is 24.4. The number of fused-ring (bicyclic) bond motifs is 1. The van der Waals surface area contributed by atoms with Crippen molar-refractivity contribution in [2.75, 3.05) is 23.2 Å². The molecule has 0 spiro atoms. The van der Waals surface area contributed by atoms with Crippen molar-refractivity contribution in [2.45, 2.75) is 32.4 Å². The van der Waals surface area contributed by atoms with Crippen LogP contribution >= 0.6 is 0 Å². The molecule has 2 amide bonds. The molecule has 0 aromatic heterocycles. The maximum Gasteiger partial charge on any atom is 0.266 e. The number of hydroxylamine groups is 1. The highest BCUT2D eigenvalue weighted by molar-refractivity contribution is 6.23. The molecule has 7 heteroatoms. The van der Waals surface area contributed by atoms with Crippen LogP contribution in [0.3, 0.4) is 0 Å². The molecule has 0 radical (unpaired) electrons. The molecule has 2 aliphatic rings. The minimum atomic E-state index is -0.917. The fourth-order valence-corrected chi connectivity index (χ4v) is 4.69. The van der Waals surface area contributed by atoms with Gasteiger partial charge in [0.2, 0.25) is 5.91 Å². The number of imide groups is 1. The van der Waals surface area contributed by atoms with Gasteiger partial charge in [-0.15, -0.1) is 0 Å². The molecule has 3 aromatic rings. The van der Waals surface area contributed by atoms with Gasteiger partial charge in [-0.05, 0) is 55.3 Å². The molecule has 2 saturated heterocycles. The van der Waals surface area contributed by atoms with E-state index in [9.17, 15) is 9.59 Å². The summed E-state index contributed by atoms with van der Waals surface area (Å²) >= 11 is 0. The van der Waals surface area contributed by atoms with Crippen molar-refractivity contribution in [3.63, 3.8) is 0 Å². The van der Waals surface area contributed by atoms with E-state index < -0.39 is 18.1 Å². The highest BCUT2D eigenvalue weighted by Gasteiger charge is 2.60. The van der Waals surface area contributed by atoms with Crippen molar-refractivity contribution in [3.8, 4) is 11.5 Å². The molecule has 0 N–H and O–H groups in total. The number of para-hydroxylation sites is 2. The fraction of sp³-hybridized carbons (Fsp3) is 0.286. The van der Waals surface area contributed by atoms with Gasteiger partial charge in [0.25, 0.3) is 5.91 Å². The maximum absolute atomic E-state index is 13.7. The van der Waals surface area contributed by atoms with Crippen molar-refractivity contribution < 1.29 is 23.9 Å². The van der Waals surface area contributed by atoms with Crippen LogP contribution in [0.4, 0.5) is 11.4 Å². The third-order valence-corrected chi connectivity index (χ3v) is 6.21. The van der Waals surface area contributed by atoms with Crippen LogP contribution in [0.5, 0.6) is 11.5 Å². The van der Waals surface area contributed by atoms with Crippen molar-refractivity contribution in [1.29, 1.82) is 0 Å². The molecule has 0 unspecified atom stereocenters. The Balaban J connectivity index is 1.57. The molecule has 0 bridgehead atoms. The van der Waals surface area contributed by atoms with Gasteiger partial charge in [0.1, 0.15) is 5.92 Å². The Morgan fingerprint density at radius 3 is 2.14 bits per heavy atom. The summed E-state index contributed by atoms with van der Waals surface area (Å²) < 4.78 is 11.7. The van der Waals surface area contributed by atoms with Gasteiger partial charge in [-0.3, -0.25) is 14.4 Å². The van der Waals surface area contributed by atoms with Crippen molar-refractivity contribution in [2.24, 2.45) is 5.92 Å². The standard InChI is InChI=1S/C28H28N2O5/c1-3-17-34-22-16-15-19(18-23(22)33-4-2)25-24-26(35-30(25)21-13-9-6-10-14-21)28(32)29(27(24)31)20-11-7-5-8-12-20/h5-16,18,24-26H,3-4,17H2,1-2H3/t24-,25-,26-/m1/s1. The molecule has 0 aliphatic carbocycles. The number of ether oxygens (including phenoxy) is 2. The lowest BCUT2D eigenvalue weighted by Crippen LogP contribution is -2.37. The van der Waals surface area contributed by atoms with Gasteiger partial charge in [-0.1, -0.05) is 49.4 Å². The molecule has 3 atom stereocenters.